The molecular weight excluding hydrogens is 148 g/mol. The van der Waals surface area contributed by atoms with Gasteiger partial charge in [-0.15, -0.1) is 0 Å². The van der Waals surface area contributed by atoms with E-state index in [1.165, 1.54) is 11.1 Å². The van der Waals surface area contributed by atoms with Crippen LogP contribution in [0.1, 0.15) is 33.6 Å². The molecule has 0 saturated carbocycles. The summed E-state index contributed by atoms with van der Waals surface area (Å²) >= 11 is 0. The van der Waals surface area contributed by atoms with Crippen LogP contribution >= 0.6 is 0 Å². The molecule has 0 fully saturated rings. The van der Waals surface area contributed by atoms with Crippen molar-refractivity contribution in [2.24, 2.45) is 0 Å². The second kappa shape index (κ2) is 4.46. The molecule has 0 spiro atoms. The second-order valence-corrected chi connectivity index (χ2v) is 3.69. The molecule has 0 aromatic heterocycles. The van der Waals surface area contributed by atoms with Crippen LogP contribution in [0.15, 0.2) is 23.3 Å². The number of rotatable bonds is 2. The zero-order chi connectivity index (χ0) is 8.97. The predicted octanol–water partition coefficient (Wildman–Crippen LogP) is 3.08. The monoisotopic (exact) mass is 166 g/mol. The fourth-order valence-corrected chi connectivity index (χ4v) is 1.31. The average molecular weight is 166 g/mol. The van der Waals surface area contributed by atoms with E-state index in [2.05, 4.69) is 32.9 Å². The van der Waals surface area contributed by atoms with Gasteiger partial charge in [0, 0.05) is 0 Å². The Morgan fingerprint density at radius 3 is 3.00 bits per heavy atom. The molecule has 0 radical (unpaired) electrons. The van der Waals surface area contributed by atoms with E-state index in [4.69, 9.17) is 4.74 Å². The van der Waals surface area contributed by atoms with Crippen molar-refractivity contribution in [3.8, 4) is 0 Å². The number of hydrogen-bond acceptors (Lipinski definition) is 1. The van der Waals surface area contributed by atoms with Gasteiger partial charge < -0.3 is 4.74 Å². The van der Waals surface area contributed by atoms with E-state index in [0.29, 0.717) is 6.10 Å². The molecule has 12 heavy (non-hydrogen) atoms. The lowest BCUT2D eigenvalue weighted by Gasteiger charge is -2.19. The summed E-state index contributed by atoms with van der Waals surface area (Å²) < 4.78 is 5.58. The molecule has 0 bridgehead atoms. The molecule has 68 valence electrons. The lowest BCUT2D eigenvalue weighted by Crippen LogP contribution is -2.15. The van der Waals surface area contributed by atoms with Crippen molar-refractivity contribution in [3.63, 3.8) is 0 Å². The minimum atomic E-state index is 0.327. The van der Waals surface area contributed by atoms with Gasteiger partial charge in [-0.3, -0.25) is 0 Å². The topological polar surface area (TPSA) is 9.23 Å². The van der Waals surface area contributed by atoms with Crippen LogP contribution in [0.5, 0.6) is 0 Å². The molecule has 1 aliphatic heterocycles. The second-order valence-electron chi connectivity index (χ2n) is 3.69. The fourth-order valence-electron chi connectivity index (χ4n) is 1.31. The zero-order valence-corrected chi connectivity index (χ0v) is 8.26. The zero-order valence-electron chi connectivity index (χ0n) is 8.26. The van der Waals surface area contributed by atoms with Crippen LogP contribution < -0.4 is 0 Å². The molecular formula is C11H18O. The van der Waals surface area contributed by atoms with Crippen LogP contribution in [0.3, 0.4) is 0 Å². The van der Waals surface area contributed by atoms with Crippen LogP contribution in [0.2, 0.25) is 0 Å². The molecule has 1 atom stereocenters. The molecule has 0 amide bonds. The molecule has 1 rings (SSSR count). The maximum atomic E-state index is 5.58. The van der Waals surface area contributed by atoms with Crippen molar-refractivity contribution in [2.45, 2.75) is 39.7 Å². The molecule has 0 aromatic carbocycles. The first-order chi connectivity index (χ1) is 5.68. The first-order valence-electron chi connectivity index (χ1n) is 4.61. The first kappa shape index (κ1) is 9.53. The first-order valence-corrected chi connectivity index (χ1v) is 4.61. The highest BCUT2D eigenvalue weighted by molar-refractivity contribution is 5.07. The Morgan fingerprint density at radius 1 is 1.67 bits per heavy atom. The SMILES string of the molecule is CC(C)=CCC1C=C(C)CCO1. The molecule has 0 aromatic rings. The van der Waals surface area contributed by atoms with Crippen LogP contribution in [-0.4, -0.2) is 12.7 Å². The van der Waals surface area contributed by atoms with Gasteiger partial charge in [0.15, 0.2) is 0 Å². The summed E-state index contributed by atoms with van der Waals surface area (Å²) in [5, 5.41) is 0. The number of hydrogen-bond donors (Lipinski definition) is 0. The van der Waals surface area contributed by atoms with Crippen LogP contribution in [0, 0.1) is 0 Å². The van der Waals surface area contributed by atoms with Crippen molar-refractivity contribution in [3.05, 3.63) is 23.3 Å². The van der Waals surface area contributed by atoms with Crippen molar-refractivity contribution in [1.29, 1.82) is 0 Å². The van der Waals surface area contributed by atoms with Crippen LogP contribution in [0.4, 0.5) is 0 Å². The summed E-state index contributed by atoms with van der Waals surface area (Å²) in [4.78, 5) is 0. The van der Waals surface area contributed by atoms with Gasteiger partial charge in [0.1, 0.15) is 0 Å². The van der Waals surface area contributed by atoms with E-state index < -0.39 is 0 Å². The minimum Gasteiger partial charge on any atom is -0.373 e. The maximum Gasteiger partial charge on any atom is 0.0792 e. The Kier molecular flexibility index (Phi) is 3.54. The van der Waals surface area contributed by atoms with Gasteiger partial charge >= 0.3 is 0 Å². The lowest BCUT2D eigenvalue weighted by molar-refractivity contribution is 0.0788. The maximum absolute atomic E-state index is 5.58. The summed E-state index contributed by atoms with van der Waals surface area (Å²) in [5.41, 5.74) is 2.84. The highest BCUT2D eigenvalue weighted by atomic mass is 16.5. The van der Waals surface area contributed by atoms with E-state index in [-0.39, 0.29) is 0 Å². The normalized spacial score (nSPS) is 23.2. The van der Waals surface area contributed by atoms with E-state index in [0.717, 1.165) is 19.4 Å². The molecule has 0 N–H and O–H groups in total. The fraction of sp³-hybridized carbons (Fsp3) is 0.636. The van der Waals surface area contributed by atoms with Crippen LogP contribution in [-0.2, 0) is 4.74 Å². The molecule has 1 unspecified atom stereocenters. The molecule has 1 nitrogen and oxygen atoms in total. The van der Waals surface area contributed by atoms with Gasteiger partial charge in [0.2, 0.25) is 0 Å². The van der Waals surface area contributed by atoms with Gasteiger partial charge in [-0.2, -0.15) is 0 Å². The van der Waals surface area contributed by atoms with Gasteiger partial charge in [0.05, 0.1) is 12.7 Å². The van der Waals surface area contributed by atoms with E-state index in [9.17, 15) is 0 Å². The minimum absolute atomic E-state index is 0.327. The Hall–Kier alpha value is -0.560. The van der Waals surface area contributed by atoms with Gasteiger partial charge in [-0.1, -0.05) is 23.3 Å². The molecule has 1 aliphatic rings. The lowest BCUT2D eigenvalue weighted by atomic mass is 10.1. The summed E-state index contributed by atoms with van der Waals surface area (Å²) in [5.74, 6) is 0. The molecule has 0 aliphatic carbocycles. The summed E-state index contributed by atoms with van der Waals surface area (Å²) in [6, 6.07) is 0. The van der Waals surface area contributed by atoms with Gasteiger partial charge in [-0.05, 0) is 33.6 Å². The quantitative estimate of drug-likeness (QED) is 0.573. The van der Waals surface area contributed by atoms with Gasteiger partial charge in [-0.25, -0.2) is 0 Å². The summed E-state index contributed by atoms with van der Waals surface area (Å²) in [6.07, 6.45) is 6.93. The highest BCUT2D eigenvalue weighted by Crippen LogP contribution is 2.15. The molecule has 1 heteroatoms. The van der Waals surface area contributed by atoms with Gasteiger partial charge in [0.25, 0.3) is 0 Å². The van der Waals surface area contributed by atoms with Crippen molar-refractivity contribution < 1.29 is 4.74 Å². The molecule has 0 saturated heterocycles. The average Bonchev–Trinajstić information content (AvgIpc) is 2.01. The standard InChI is InChI=1S/C11H18O/c1-9(2)4-5-11-8-10(3)6-7-12-11/h4,8,11H,5-7H2,1-3H3. The third-order valence-electron chi connectivity index (χ3n) is 2.06. The van der Waals surface area contributed by atoms with Crippen LogP contribution in [0.25, 0.3) is 0 Å². The molecule has 1 heterocycles. The Bertz CT molecular complexity index is 197. The number of ether oxygens (including phenoxy) is 1. The predicted molar refractivity (Wildman–Crippen MR) is 52.2 cm³/mol. The highest BCUT2D eigenvalue weighted by Gasteiger charge is 2.09. The third kappa shape index (κ3) is 3.22. The largest absolute Gasteiger partial charge is 0.373 e. The van der Waals surface area contributed by atoms with E-state index >= 15 is 0 Å². The van der Waals surface area contributed by atoms with Crippen molar-refractivity contribution >= 4 is 0 Å². The summed E-state index contributed by atoms with van der Waals surface area (Å²) in [7, 11) is 0. The Balaban J connectivity index is 2.42. The van der Waals surface area contributed by atoms with E-state index in [1.807, 2.05) is 0 Å². The Labute approximate surface area is 75.1 Å². The summed E-state index contributed by atoms with van der Waals surface area (Å²) in [6.45, 7) is 7.32. The van der Waals surface area contributed by atoms with E-state index in [1.54, 1.807) is 0 Å². The number of allylic oxidation sites excluding steroid dienone is 1. The van der Waals surface area contributed by atoms with Crippen molar-refractivity contribution in [1.82, 2.24) is 0 Å². The third-order valence-corrected chi connectivity index (χ3v) is 2.06. The van der Waals surface area contributed by atoms with Crippen molar-refractivity contribution in [2.75, 3.05) is 6.61 Å². The Morgan fingerprint density at radius 2 is 2.42 bits per heavy atom. The smallest absolute Gasteiger partial charge is 0.0792 e.